The summed E-state index contributed by atoms with van der Waals surface area (Å²) in [7, 11) is 1.94. The molecule has 0 radical (unpaired) electrons. The largest absolute Gasteiger partial charge is 0.354 e. The van der Waals surface area contributed by atoms with Crippen molar-refractivity contribution in [3.05, 3.63) is 42.2 Å². The standard InChI is InChI=1S/C14H20N4O/c1-4-12(9-18-8-6-15-10-18)16-14(19)13-5-7-17(3)11(13)2/h5-8,10,12H,4,9H2,1-3H3,(H,16,19)/t12-/m1/s1. The lowest BCUT2D eigenvalue weighted by atomic mass is 10.2. The van der Waals surface area contributed by atoms with Crippen LogP contribution >= 0.6 is 0 Å². The number of imidazole rings is 1. The van der Waals surface area contributed by atoms with Crippen molar-refractivity contribution in [3.8, 4) is 0 Å². The molecule has 0 aliphatic heterocycles. The zero-order valence-electron chi connectivity index (χ0n) is 11.6. The molecule has 102 valence electrons. The fourth-order valence-corrected chi connectivity index (χ4v) is 2.04. The average Bonchev–Trinajstić information content (AvgIpc) is 3.00. The summed E-state index contributed by atoms with van der Waals surface area (Å²) in [6.45, 7) is 4.76. The number of aromatic nitrogens is 3. The lowest BCUT2D eigenvalue weighted by Crippen LogP contribution is -2.37. The van der Waals surface area contributed by atoms with E-state index in [4.69, 9.17) is 0 Å². The van der Waals surface area contributed by atoms with Crippen molar-refractivity contribution >= 4 is 5.91 Å². The molecule has 2 aromatic heterocycles. The van der Waals surface area contributed by atoms with Crippen LogP contribution in [0.4, 0.5) is 0 Å². The molecule has 0 aromatic carbocycles. The number of hydrogen-bond acceptors (Lipinski definition) is 2. The molecule has 0 spiro atoms. The van der Waals surface area contributed by atoms with Crippen molar-refractivity contribution in [2.75, 3.05) is 0 Å². The van der Waals surface area contributed by atoms with Crippen molar-refractivity contribution in [1.29, 1.82) is 0 Å². The van der Waals surface area contributed by atoms with Crippen LogP contribution in [0.2, 0.25) is 0 Å². The maximum absolute atomic E-state index is 12.2. The molecule has 1 N–H and O–H groups in total. The number of carbonyl (C=O) groups is 1. The Labute approximate surface area is 113 Å². The third-order valence-electron chi connectivity index (χ3n) is 3.45. The predicted octanol–water partition coefficient (Wildman–Crippen LogP) is 1.74. The van der Waals surface area contributed by atoms with E-state index in [0.29, 0.717) is 0 Å². The summed E-state index contributed by atoms with van der Waals surface area (Å²) in [5.74, 6) is -0.00920. The lowest BCUT2D eigenvalue weighted by molar-refractivity contribution is 0.0931. The molecule has 0 aliphatic rings. The molecule has 0 fully saturated rings. The Kier molecular flexibility index (Phi) is 4.04. The number of aryl methyl sites for hydroxylation is 1. The maximum atomic E-state index is 12.2. The van der Waals surface area contributed by atoms with Gasteiger partial charge in [0.15, 0.2) is 0 Å². The van der Waals surface area contributed by atoms with E-state index in [1.54, 1.807) is 12.5 Å². The average molecular weight is 260 g/mol. The summed E-state index contributed by atoms with van der Waals surface area (Å²) >= 11 is 0. The number of hydrogen-bond donors (Lipinski definition) is 1. The first-order valence-corrected chi connectivity index (χ1v) is 6.50. The van der Waals surface area contributed by atoms with Crippen molar-refractivity contribution in [2.24, 2.45) is 7.05 Å². The molecule has 1 amide bonds. The molecule has 0 bridgehead atoms. The maximum Gasteiger partial charge on any atom is 0.253 e. The van der Waals surface area contributed by atoms with Crippen LogP contribution < -0.4 is 5.32 Å². The highest BCUT2D eigenvalue weighted by Crippen LogP contribution is 2.09. The molecule has 19 heavy (non-hydrogen) atoms. The molecule has 5 heteroatoms. The smallest absolute Gasteiger partial charge is 0.253 e. The summed E-state index contributed by atoms with van der Waals surface area (Å²) in [5.41, 5.74) is 1.72. The van der Waals surface area contributed by atoms with E-state index in [-0.39, 0.29) is 11.9 Å². The van der Waals surface area contributed by atoms with E-state index in [0.717, 1.165) is 24.2 Å². The molecule has 0 saturated heterocycles. The third-order valence-corrected chi connectivity index (χ3v) is 3.45. The van der Waals surface area contributed by atoms with E-state index in [1.807, 2.05) is 41.6 Å². The van der Waals surface area contributed by atoms with Crippen LogP contribution in [0.1, 0.15) is 29.4 Å². The highest BCUT2D eigenvalue weighted by molar-refractivity contribution is 5.95. The lowest BCUT2D eigenvalue weighted by Gasteiger charge is -2.17. The molecule has 0 saturated carbocycles. The molecule has 2 heterocycles. The highest BCUT2D eigenvalue weighted by atomic mass is 16.1. The van der Waals surface area contributed by atoms with Crippen molar-refractivity contribution in [3.63, 3.8) is 0 Å². The topological polar surface area (TPSA) is 51.9 Å². The number of rotatable bonds is 5. The summed E-state index contributed by atoms with van der Waals surface area (Å²) in [4.78, 5) is 16.2. The van der Waals surface area contributed by atoms with E-state index in [1.165, 1.54) is 0 Å². The summed E-state index contributed by atoms with van der Waals surface area (Å²) < 4.78 is 3.93. The Hall–Kier alpha value is -2.04. The first-order chi connectivity index (χ1) is 9.11. The first-order valence-electron chi connectivity index (χ1n) is 6.50. The number of nitrogens with zero attached hydrogens (tertiary/aromatic N) is 3. The molecule has 0 unspecified atom stereocenters. The number of nitrogens with one attached hydrogen (secondary N) is 1. The van der Waals surface area contributed by atoms with Gasteiger partial charge in [0.1, 0.15) is 0 Å². The molecule has 2 rings (SSSR count). The predicted molar refractivity (Wildman–Crippen MR) is 73.9 cm³/mol. The van der Waals surface area contributed by atoms with Gasteiger partial charge in [0, 0.05) is 43.9 Å². The van der Waals surface area contributed by atoms with Gasteiger partial charge in [0.25, 0.3) is 5.91 Å². The highest BCUT2D eigenvalue weighted by Gasteiger charge is 2.15. The number of amides is 1. The van der Waals surface area contributed by atoms with Gasteiger partial charge < -0.3 is 14.5 Å². The van der Waals surface area contributed by atoms with Crippen LogP contribution in [0, 0.1) is 6.92 Å². The quantitative estimate of drug-likeness (QED) is 0.890. The van der Waals surface area contributed by atoms with Crippen LogP contribution in [0.3, 0.4) is 0 Å². The second-order valence-electron chi connectivity index (χ2n) is 4.76. The first kappa shape index (κ1) is 13.4. The van der Waals surface area contributed by atoms with Crippen LogP contribution in [-0.2, 0) is 13.6 Å². The second-order valence-corrected chi connectivity index (χ2v) is 4.76. The van der Waals surface area contributed by atoms with Gasteiger partial charge >= 0.3 is 0 Å². The Morgan fingerprint density at radius 1 is 1.47 bits per heavy atom. The minimum Gasteiger partial charge on any atom is -0.354 e. The molecular weight excluding hydrogens is 240 g/mol. The van der Waals surface area contributed by atoms with Gasteiger partial charge in [-0.25, -0.2) is 4.98 Å². The summed E-state index contributed by atoms with van der Waals surface area (Å²) in [6.07, 6.45) is 8.21. The minimum absolute atomic E-state index is 0.00920. The summed E-state index contributed by atoms with van der Waals surface area (Å²) in [5, 5.41) is 3.07. The van der Waals surface area contributed by atoms with Gasteiger partial charge in [-0.15, -0.1) is 0 Å². The third kappa shape index (κ3) is 3.05. The van der Waals surface area contributed by atoms with Crippen molar-refractivity contribution in [2.45, 2.75) is 32.9 Å². The second kappa shape index (κ2) is 5.73. The van der Waals surface area contributed by atoms with E-state index in [2.05, 4.69) is 17.2 Å². The SMILES string of the molecule is CC[C@H](Cn1ccnc1)NC(=O)c1ccn(C)c1C. The normalized spacial score (nSPS) is 12.4. The molecule has 1 atom stereocenters. The van der Waals surface area contributed by atoms with Gasteiger partial charge in [-0.3, -0.25) is 4.79 Å². The van der Waals surface area contributed by atoms with Crippen LogP contribution in [0.25, 0.3) is 0 Å². The van der Waals surface area contributed by atoms with E-state index < -0.39 is 0 Å². The minimum atomic E-state index is -0.00920. The zero-order valence-corrected chi connectivity index (χ0v) is 11.6. The molecule has 2 aromatic rings. The van der Waals surface area contributed by atoms with E-state index >= 15 is 0 Å². The molecule has 0 aliphatic carbocycles. The van der Waals surface area contributed by atoms with Gasteiger partial charge in [0.2, 0.25) is 0 Å². The monoisotopic (exact) mass is 260 g/mol. The Morgan fingerprint density at radius 2 is 2.26 bits per heavy atom. The van der Waals surface area contributed by atoms with Gasteiger partial charge in [-0.2, -0.15) is 0 Å². The zero-order chi connectivity index (χ0) is 13.8. The fourth-order valence-electron chi connectivity index (χ4n) is 2.04. The van der Waals surface area contributed by atoms with Crippen molar-refractivity contribution < 1.29 is 4.79 Å². The summed E-state index contributed by atoms with van der Waals surface area (Å²) in [6, 6.07) is 1.97. The number of carbonyl (C=O) groups excluding carboxylic acids is 1. The van der Waals surface area contributed by atoms with Crippen LogP contribution in [0.15, 0.2) is 31.0 Å². The van der Waals surface area contributed by atoms with Crippen molar-refractivity contribution in [1.82, 2.24) is 19.4 Å². The van der Waals surface area contributed by atoms with Gasteiger partial charge in [-0.05, 0) is 19.4 Å². The fraction of sp³-hybridized carbons (Fsp3) is 0.429. The Bertz CT molecular complexity index is 542. The van der Waals surface area contributed by atoms with Gasteiger partial charge in [-0.1, -0.05) is 6.92 Å². The van der Waals surface area contributed by atoms with Crippen LogP contribution in [-0.4, -0.2) is 26.1 Å². The van der Waals surface area contributed by atoms with E-state index in [9.17, 15) is 4.79 Å². The van der Waals surface area contributed by atoms with Crippen LogP contribution in [0.5, 0.6) is 0 Å². The Morgan fingerprint density at radius 3 is 2.79 bits per heavy atom. The molecular formula is C14H20N4O. The Balaban J connectivity index is 2.02. The molecule has 5 nitrogen and oxygen atoms in total. The van der Waals surface area contributed by atoms with Gasteiger partial charge in [0.05, 0.1) is 11.9 Å².